The van der Waals surface area contributed by atoms with E-state index < -0.39 is 8.07 Å². The predicted molar refractivity (Wildman–Crippen MR) is 217 cm³/mol. The van der Waals surface area contributed by atoms with Gasteiger partial charge < -0.3 is 14.4 Å². The quantitative estimate of drug-likeness (QED) is 0.102. The minimum Gasteiger partial charge on any atom is -0.486 e. The largest absolute Gasteiger partial charge is 0.486 e. The van der Waals surface area contributed by atoms with Crippen molar-refractivity contribution < 1.29 is 24.5 Å². The van der Waals surface area contributed by atoms with Gasteiger partial charge in [0.25, 0.3) is 0 Å². The zero-order valence-electron chi connectivity index (χ0n) is 32.3. The van der Waals surface area contributed by atoms with Gasteiger partial charge in [0.1, 0.15) is 0 Å². The van der Waals surface area contributed by atoms with E-state index >= 15 is 0 Å². The van der Waals surface area contributed by atoms with Crippen molar-refractivity contribution in [1.29, 1.82) is 0 Å². The molecule has 0 spiro atoms. The van der Waals surface area contributed by atoms with Crippen molar-refractivity contribution in [2.75, 3.05) is 0 Å². The SMILES string of the molecule is CCC(CC)c1ccnc(-c2[c-]ccc3c2oc2nc(C(C)C(C)C)ccc23)c1.C[Si](C)(C)c1cnc(-c2[c-]cccc2)cc1CC1CCCC1.[Ir]. The number of hydrogen-bond acceptors (Lipinski definition) is 4. The number of pyridine rings is 3. The summed E-state index contributed by atoms with van der Waals surface area (Å²) in [5, 5.41) is 3.66. The first kappa shape index (κ1) is 39.8. The van der Waals surface area contributed by atoms with Crippen molar-refractivity contribution >= 4 is 35.3 Å². The van der Waals surface area contributed by atoms with Crippen LogP contribution in [0.5, 0.6) is 0 Å². The normalized spacial score (nSPS) is 14.1. The second-order valence-electron chi connectivity index (χ2n) is 15.9. The standard InChI is InChI=1S/C26H29N2O.C20H26NSi.Ir/c1-6-18(7-2)19-13-14-27-24(15-19)22-10-8-9-20-21-11-12-23(17(5)16(3)4)28-26(21)29-25(20)22;1-22(2,3)20-15-21-19(17-11-5-4-6-12-17)14-18(20)13-16-9-7-8-10-16;/h8-9,11-18H,6-7H2,1-5H3;4-6,11,14-16H,7-10,13H2,1-3H3;/q2*-1;. The fourth-order valence-electron chi connectivity index (χ4n) is 7.59. The Bertz CT molecular complexity index is 2060. The molecule has 1 atom stereocenters. The minimum absolute atomic E-state index is 0. The van der Waals surface area contributed by atoms with E-state index in [1.165, 1.54) is 37.7 Å². The molecule has 0 bridgehead atoms. The molecule has 1 aliphatic rings. The maximum absolute atomic E-state index is 6.28. The Morgan fingerprint density at radius 1 is 0.846 bits per heavy atom. The molecule has 7 rings (SSSR count). The summed E-state index contributed by atoms with van der Waals surface area (Å²) in [5.74, 6) is 2.35. The maximum atomic E-state index is 6.28. The molecule has 0 aliphatic heterocycles. The summed E-state index contributed by atoms with van der Waals surface area (Å²) >= 11 is 0. The van der Waals surface area contributed by atoms with Gasteiger partial charge in [-0.3, -0.25) is 0 Å². The van der Waals surface area contributed by atoms with Crippen LogP contribution in [0.1, 0.15) is 102 Å². The summed E-state index contributed by atoms with van der Waals surface area (Å²) in [6, 6.07) is 29.8. The monoisotopic (exact) mass is 886 g/mol. The van der Waals surface area contributed by atoms with E-state index in [-0.39, 0.29) is 20.1 Å². The molecule has 4 heterocycles. The van der Waals surface area contributed by atoms with Gasteiger partial charge in [0.2, 0.25) is 5.71 Å². The number of benzene rings is 2. The molecule has 275 valence electrons. The number of hydrogen-bond donors (Lipinski definition) is 0. The van der Waals surface area contributed by atoms with E-state index in [4.69, 9.17) is 14.4 Å². The molecular weight excluding hydrogens is 831 g/mol. The van der Waals surface area contributed by atoms with E-state index in [9.17, 15) is 0 Å². The van der Waals surface area contributed by atoms with Gasteiger partial charge in [-0.05, 0) is 71.8 Å². The Balaban J connectivity index is 0.000000205. The van der Waals surface area contributed by atoms with Crippen LogP contribution in [0.4, 0.5) is 0 Å². The molecule has 6 aromatic rings. The number of fused-ring (bicyclic) bond motifs is 3. The van der Waals surface area contributed by atoms with E-state index in [1.807, 2.05) is 24.4 Å². The summed E-state index contributed by atoms with van der Waals surface area (Å²) < 4.78 is 6.28. The molecule has 4 nitrogen and oxygen atoms in total. The number of furan rings is 1. The minimum atomic E-state index is -1.35. The third-order valence-corrected chi connectivity index (χ3v) is 13.1. The molecule has 0 amide bonds. The van der Waals surface area contributed by atoms with Gasteiger partial charge in [0, 0.05) is 49.5 Å². The van der Waals surface area contributed by atoms with E-state index in [2.05, 4.69) is 126 Å². The summed E-state index contributed by atoms with van der Waals surface area (Å²) in [6.07, 6.45) is 13.2. The first-order valence-corrected chi connectivity index (χ1v) is 22.7. The van der Waals surface area contributed by atoms with Crippen LogP contribution in [0.3, 0.4) is 0 Å². The van der Waals surface area contributed by atoms with Gasteiger partial charge in [-0.2, -0.15) is 0 Å². The molecule has 1 fully saturated rings. The predicted octanol–water partition coefficient (Wildman–Crippen LogP) is 12.3. The topological polar surface area (TPSA) is 51.8 Å². The summed E-state index contributed by atoms with van der Waals surface area (Å²) in [6.45, 7) is 18.4. The molecule has 6 heteroatoms. The average Bonchev–Trinajstić information content (AvgIpc) is 3.79. The third kappa shape index (κ3) is 9.01. The molecule has 4 aromatic heterocycles. The molecule has 1 radical (unpaired) electrons. The zero-order chi connectivity index (χ0) is 36.1. The van der Waals surface area contributed by atoms with Crippen LogP contribution in [0.2, 0.25) is 19.6 Å². The second kappa shape index (κ2) is 17.6. The van der Waals surface area contributed by atoms with Crippen LogP contribution in [0.25, 0.3) is 44.6 Å². The van der Waals surface area contributed by atoms with Gasteiger partial charge in [-0.1, -0.05) is 114 Å². The van der Waals surface area contributed by atoms with Gasteiger partial charge in [-0.15, -0.1) is 54.1 Å². The Kier molecular flexibility index (Phi) is 13.4. The van der Waals surface area contributed by atoms with Crippen molar-refractivity contribution in [2.24, 2.45) is 11.8 Å². The second-order valence-corrected chi connectivity index (χ2v) is 21.0. The Morgan fingerprint density at radius 3 is 2.29 bits per heavy atom. The number of nitrogens with zero attached hydrogens (tertiary/aromatic N) is 3. The van der Waals surface area contributed by atoms with Crippen molar-refractivity contribution in [1.82, 2.24) is 15.0 Å². The third-order valence-electron chi connectivity index (χ3n) is 11.0. The van der Waals surface area contributed by atoms with Gasteiger partial charge in [-0.25, -0.2) is 4.98 Å². The molecular formula is C46H55IrN3OSi-2. The van der Waals surface area contributed by atoms with Crippen LogP contribution < -0.4 is 5.19 Å². The van der Waals surface area contributed by atoms with E-state index in [0.29, 0.717) is 23.5 Å². The van der Waals surface area contributed by atoms with Crippen LogP contribution in [-0.2, 0) is 26.5 Å². The smallest absolute Gasteiger partial charge is 0.216 e. The fraction of sp³-hybridized carbons (Fsp3) is 0.413. The van der Waals surface area contributed by atoms with Crippen LogP contribution in [0.15, 0.2) is 83.5 Å². The summed E-state index contributed by atoms with van der Waals surface area (Å²) in [5.41, 5.74) is 9.47. The molecule has 52 heavy (non-hydrogen) atoms. The Morgan fingerprint density at radius 2 is 1.62 bits per heavy atom. The van der Waals surface area contributed by atoms with Crippen molar-refractivity contribution in [3.05, 3.63) is 108 Å². The van der Waals surface area contributed by atoms with Crippen molar-refractivity contribution in [3.63, 3.8) is 0 Å². The van der Waals surface area contributed by atoms with Gasteiger partial charge in [0.05, 0.1) is 13.7 Å². The number of rotatable bonds is 10. The zero-order valence-corrected chi connectivity index (χ0v) is 35.7. The van der Waals surface area contributed by atoms with Crippen LogP contribution in [0, 0.1) is 24.0 Å². The molecule has 0 N–H and O–H groups in total. The average molecular weight is 886 g/mol. The number of aromatic nitrogens is 3. The van der Waals surface area contributed by atoms with Crippen LogP contribution in [-0.4, -0.2) is 23.0 Å². The summed E-state index contributed by atoms with van der Waals surface area (Å²) in [4.78, 5) is 14.2. The van der Waals surface area contributed by atoms with E-state index in [0.717, 1.165) is 63.3 Å². The molecule has 1 aliphatic carbocycles. The Hall–Kier alpha value is -3.44. The first-order valence-electron chi connectivity index (χ1n) is 19.2. The van der Waals surface area contributed by atoms with Gasteiger partial charge >= 0.3 is 0 Å². The van der Waals surface area contributed by atoms with Crippen molar-refractivity contribution in [3.8, 4) is 22.5 Å². The summed E-state index contributed by atoms with van der Waals surface area (Å²) in [7, 11) is -1.35. The fourth-order valence-corrected chi connectivity index (χ4v) is 9.18. The van der Waals surface area contributed by atoms with E-state index in [1.54, 1.807) is 10.8 Å². The molecule has 1 saturated carbocycles. The first-order chi connectivity index (χ1) is 24.6. The van der Waals surface area contributed by atoms with Crippen LogP contribution >= 0.6 is 0 Å². The molecule has 2 aromatic carbocycles. The maximum Gasteiger partial charge on any atom is 0.216 e. The Labute approximate surface area is 326 Å². The molecule has 1 unspecified atom stereocenters. The molecule has 0 saturated heterocycles. The van der Waals surface area contributed by atoms with Gasteiger partial charge in [0.15, 0.2) is 0 Å². The van der Waals surface area contributed by atoms with Crippen molar-refractivity contribution in [2.45, 2.75) is 111 Å².